The summed E-state index contributed by atoms with van der Waals surface area (Å²) < 4.78 is 15.6. The van der Waals surface area contributed by atoms with Gasteiger partial charge in [0, 0.05) is 17.2 Å². The SMILES string of the molecule is COc1ccc([N+](=O)[O-])cc1NC(=O)C(C)OC(=O)C(C)Oc1ccc(Cl)cc1Cl. The van der Waals surface area contributed by atoms with E-state index in [1.54, 1.807) is 6.07 Å². The number of anilines is 1. The first kappa shape index (κ1) is 23.2. The number of nitrogens with one attached hydrogen (secondary N) is 1. The van der Waals surface area contributed by atoms with Gasteiger partial charge in [0.15, 0.2) is 12.2 Å². The van der Waals surface area contributed by atoms with Crippen molar-refractivity contribution in [2.45, 2.75) is 26.1 Å². The highest BCUT2D eigenvalue weighted by molar-refractivity contribution is 6.35. The molecule has 2 unspecified atom stereocenters. The zero-order chi connectivity index (χ0) is 22.4. The molecule has 0 radical (unpaired) electrons. The molecule has 2 aromatic carbocycles. The predicted molar refractivity (Wildman–Crippen MR) is 110 cm³/mol. The number of nitro groups is 1. The minimum atomic E-state index is -1.21. The minimum absolute atomic E-state index is 0.0665. The van der Waals surface area contributed by atoms with Crippen molar-refractivity contribution in [3.05, 3.63) is 56.6 Å². The number of esters is 1. The van der Waals surface area contributed by atoms with Gasteiger partial charge < -0.3 is 19.5 Å². The number of carbonyl (C=O) groups excluding carboxylic acids is 2. The number of rotatable bonds is 8. The van der Waals surface area contributed by atoms with Crippen LogP contribution in [0.15, 0.2) is 36.4 Å². The van der Waals surface area contributed by atoms with E-state index < -0.39 is 29.0 Å². The Bertz CT molecular complexity index is 968. The molecular weight excluding hydrogens is 439 g/mol. The third kappa shape index (κ3) is 5.98. The number of nitrogens with zero attached hydrogens (tertiary/aromatic N) is 1. The van der Waals surface area contributed by atoms with Crippen LogP contribution >= 0.6 is 23.2 Å². The van der Waals surface area contributed by atoms with Gasteiger partial charge in [-0.1, -0.05) is 23.2 Å². The molecule has 0 saturated carbocycles. The number of amides is 1. The molecule has 0 fully saturated rings. The van der Waals surface area contributed by atoms with Gasteiger partial charge in [0.2, 0.25) is 0 Å². The summed E-state index contributed by atoms with van der Waals surface area (Å²) in [5.41, 5.74) is -0.172. The second-order valence-electron chi connectivity index (χ2n) is 6.04. The van der Waals surface area contributed by atoms with E-state index in [9.17, 15) is 19.7 Å². The van der Waals surface area contributed by atoms with Gasteiger partial charge in [-0.2, -0.15) is 0 Å². The number of hydrogen-bond donors (Lipinski definition) is 1. The van der Waals surface area contributed by atoms with E-state index in [-0.39, 0.29) is 27.9 Å². The molecule has 0 aliphatic rings. The maximum atomic E-state index is 12.4. The highest BCUT2D eigenvalue weighted by Gasteiger charge is 2.25. The van der Waals surface area contributed by atoms with Crippen molar-refractivity contribution >= 4 is 46.5 Å². The lowest BCUT2D eigenvalue weighted by Crippen LogP contribution is -2.35. The van der Waals surface area contributed by atoms with E-state index in [1.165, 1.54) is 45.2 Å². The monoisotopic (exact) mass is 456 g/mol. The average Bonchev–Trinajstić information content (AvgIpc) is 2.69. The molecule has 0 heterocycles. The Hall–Kier alpha value is -3.04. The van der Waals surface area contributed by atoms with Gasteiger partial charge in [-0.05, 0) is 38.1 Å². The van der Waals surface area contributed by atoms with Crippen molar-refractivity contribution in [1.29, 1.82) is 0 Å². The number of nitro benzene ring substituents is 1. The summed E-state index contributed by atoms with van der Waals surface area (Å²) in [5.74, 6) is -1.08. The molecule has 0 bridgehead atoms. The van der Waals surface area contributed by atoms with Gasteiger partial charge in [-0.15, -0.1) is 0 Å². The predicted octanol–water partition coefficient (Wildman–Crippen LogP) is 4.25. The van der Waals surface area contributed by atoms with E-state index in [0.717, 1.165) is 6.07 Å². The van der Waals surface area contributed by atoms with Crippen molar-refractivity contribution in [2.24, 2.45) is 0 Å². The highest BCUT2D eigenvalue weighted by atomic mass is 35.5. The summed E-state index contributed by atoms with van der Waals surface area (Å²) in [7, 11) is 1.35. The van der Waals surface area contributed by atoms with Gasteiger partial charge in [-0.25, -0.2) is 4.79 Å². The van der Waals surface area contributed by atoms with Gasteiger partial charge in [0.05, 0.1) is 22.7 Å². The molecular formula is C19H18Cl2N2O7. The largest absolute Gasteiger partial charge is 0.495 e. The minimum Gasteiger partial charge on any atom is -0.495 e. The summed E-state index contributed by atoms with van der Waals surface area (Å²) in [6.07, 6.45) is -2.28. The number of non-ortho nitro benzene ring substituents is 1. The molecule has 2 atom stereocenters. The molecule has 2 rings (SSSR count). The molecule has 30 heavy (non-hydrogen) atoms. The van der Waals surface area contributed by atoms with Crippen molar-refractivity contribution in [3.63, 3.8) is 0 Å². The Balaban J connectivity index is 2.02. The van der Waals surface area contributed by atoms with Crippen LogP contribution in [0, 0.1) is 10.1 Å². The summed E-state index contributed by atoms with van der Waals surface area (Å²) in [4.78, 5) is 35.0. The fraction of sp³-hybridized carbons (Fsp3) is 0.263. The van der Waals surface area contributed by atoms with Gasteiger partial charge in [0.1, 0.15) is 11.5 Å². The average molecular weight is 457 g/mol. The number of benzene rings is 2. The molecule has 1 amide bonds. The van der Waals surface area contributed by atoms with Gasteiger partial charge in [0.25, 0.3) is 11.6 Å². The summed E-state index contributed by atoms with van der Waals surface area (Å²) in [6.45, 7) is 2.78. The van der Waals surface area contributed by atoms with Crippen LogP contribution in [-0.2, 0) is 14.3 Å². The lowest BCUT2D eigenvalue weighted by Gasteiger charge is -2.18. The van der Waals surface area contributed by atoms with E-state index >= 15 is 0 Å². The zero-order valence-electron chi connectivity index (χ0n) is 16.2. The lowest BCUT2D eigenvalue weighted by atomic mass is 10.2. The molecule has 160 valence electrons. The second kappa shape index (κ2) is 10.1. The Morgan fingerprint density at radius 2 is 1.73 bits per heavy atom. The third-order valence-electron chi connectivity index (χ3n) is 3.84. The second-order valence-corrected chi connectivity index (χ2v) is 6.89. The zero-order valence-corrected chi connectivity index (χ0v) is 17.7. The van der Waals surface area contributed by atoms with Crippen LogP contribution in [0.5, 0.6) is 11.5 Å². The lowest BCUT2D eigenvalue weighted by molar-refractivity contribution is -0.384. The molecule has 0 aliphatic heterocycles. The Kier molecular flexibility index (Phi) is 7.85. The van der Waals surface area contributed by atoms with Gasteiger partial charge >= 0.3 is 5.97 Å². The van der Waals surface area contributed by atoms with E-state index in [4.69, 9.17) is 37.4 Å². The Morgan fingerprint density at radius 1 is 1.07 bits per heavy atom. The summed E-state index contributed by atoms with van der Waals surface area (Å²) in [5, 5.41) is 14.0. The molecule has 0 aromatic heterocycles. The fourth-order valence-electron chi connectivity index (χ4n) is 2.27. The molecule has 0 saturated heterocycles. The molecule has 0 aliphatic carbocycles. The maximum absolute atomic E-state index is 12.4. The Labute approximate surface area is 182 Å². The van der Waals surface area contributed by atoms with Crippen LogP contribution in [-0.4, -0.2) is 36.1 Å². The molecule has 0 spiro atoms. The molecule has 11 heteroatoms. The first-order valence-electron chi connectivity index (χ1n) is 8.58. The number of hydrogen-bond acceptors (Lipinski definition) is 7. The van der Waals surface area contributed by atoms with Crippen LogP contribution in [0.1, 0.15) is 13.8 Å². The Morgan fingerprint density at radius 3 is 2.33 bits per heavy atom. The normalized spacial score (nSPS) is 12.4. The third-order valence-corrected chi connectivity index (χ3v) is 4.37. The standard InChI is InChI=1S/C19H18Cl2N2O7/c1-10(18(24)22-15-9-13(23(26)27)5-7-17(15)28-3)30-19(25)11(2)29-16-6-4-12(20)8-14(16)21/h4-11H,1-3H3,(H,22,24). The van der Waals surface area contributed by atoms with E-state index in [1.807, 2.05) is 0 Å². The molecule has 1 N–H and O–H groups in total. The number of carbonyl (C=O) groups is 2. The molecule has 9 nitrogen and oxygen atoms in total. The van der Waals surface area contributed by atoms with Crippen LogP contribution in [0.4, 0.5) is 11.4 Å². The van der Waals surface area contributed by atoms with Crippen molar-refractivity contribution in [1.82, 2.24) is 0 Å². The van der Waals surface area contributed by atoms with Gasteiger partial charge in [-0.3, -0.25) is 14.9 Å². The van der Waals surface area contributed by atoms with Crippen LogP contribution in [0.25, 0.3) is 0 Å². The number of methoxy groups -OCH3 is 1. The first-order chi connectivity index (χ1) is 14.1. The van der Waals surface area contributed by atoms with E-state index in [0.29, 0.717) is 5.02 Å². The topological polar surface area (TPSA) is 117 Å². The smallest absolute Gasteiger partial charge is 0.347 e. The first-order valence-corrected chi connectivity index (χ1v) is 9.33. The van der Waals surface area contributed by atoms with Crippen LogP contribution < -0.4 is 14.8 Å². The van der Waals surface area contributed by atoms with Crippen molar-refractivity contribution in [3.8, 4) is 11.5 Å². The van der Waals surface area contributed by atoms with Crippen molar-refractivity contribution < 1.29 is 28.7 Å². The fourth-order valence-corrected chi connectivity index (χ4v) is 2.73. The van der Waals surface area contributed by atoms with Crippen LogP contribution in [0.2, 0.25) is 10.0 Å². The number of ether oxygens (including phenoxy) is 3. The summed E-state index contributed by atoms with van der Waals surface area (Å²) in [6, 6.07) is 8.22. The maximum Gasteiger partial charge on any atom is 0.347 e. The summed E-state index contributed by atoms with van der Waals surface area (Å²) >= 11 is 11.8. The quantitative estimate of drug-likeness (QED) is 0.358. The van der Waals surface area contributed by atoms with E-state index in [2.05, 4.69) is 5.32 Å². The van der Waals surface area contributed by atoms with Crippen LogP contribution in [0.3, 0.4) is 0 Å². The molecule has 2 aromatic rings. The van der Waals surface area contributed by atoms with Crippen molar-refractivity contribution in [2.75, 3.05) is 12.4 Å². The highest BCUT2D eigenvalue weighted by Crippen LogP contribution is 2.30. The number of halogens is 2.